The maximum atomic E-state index is 11.3. The van der Waals surface area contributed by atoms with Crippen LogP contribution in [0.5, 0.6) is 0 Å². The predicted octanol–water partition coefficient (Wildman–Crippen LogP) is 2.36. The summed E-state index contributed by atoms with van der Waals surface area (Å²) in [6, 6.07) is 1.50. The first kappa shape index (κ1) is 13.0. The molecule has 3 rings (SSSR count). The second-order valence-corrected chi connectivity index (χ2v) is 5.59. The van der Waals surface area contributed by atoms with Gasteiger partial charge in [0.15, 0.2) is 5.65 Å². The Bertz CT molecular complexity index is 806. The van der Waals surface area contributed by atoms with Crippen molar-refractivity contribution in [1.82, 2.24) is 24.9 Å². The van der Waals surface area contributed by atoms with Crippen LogP contribution in [-0.4, -0.2) is 36.0 Å². The van der Waals surface area contributed by atoms with Gasteiger partial charge in [0.2, 0.25) is 0 Å². The topological polar surface area (TPSA) is 105 Å². The van der Waals surface area contributed by atoms with Gasteiger partial charge in [0.1, 0.15) is 21.9 Å². The number of carboxylic acid groups (broad SMARTS) is 1. The number of fused-ring (bicyclic) bond motifs is 1. The largest absolute Gasteiger partial charge is 0.478 e. The third kappa shape index (κ3) is 2.37. The minimum Gasteiger partial charge on any atom is -0.478 e. The Morgan fingerprint density at radius 3 is 2.90 bits per heavy atom. The van der Waals surface area contributed by atoms with E-state index in [9.17, 15) is 9.90 Å². The van der Waals surface area contributed by atoms with Gasteiger partial charge >= 0.3 is 5.97 Å². The van der Waals surface area contributed by atoms with Crippen LogP contribution in [0.25, 0.3) is 11.2 Å². The van der Waals surface area contributed by atoms with Crippen molar-refractivity contribution in [3.63, 3.8) is 0 Å². The van der Waals surface area contributed by atoms with Crippen molar-refractivity contribution in [3.05, 3.63) is 35.0 Å². The molecule has 0 aliphatic heterocycles. The van der Waals surface area contributed by atoms with E-state index in [1.54, 1.807) is 6.20 Å². The van der Waals surface area contributed by atoms with Gasteiger partial charge in [-0.2, -0.15) is 0 Å². The molecule has 0 amide bonds. The van der Waals surface area contributed by atoms with Crippen LogP contribution in [0.3, 0.4) is 0 Å². The molecule has 0 aliphatic carbocycles. The van der Waals surface area contributed by atoms with Crippen molar-refractivity contribution >= 4 is 44.8 Å². The first-order valence-corrected chi connectivity index (χ1v) is 6.97. The first-order valence-electron chi connectivity index (χ1n) is 5.36. The highest BCUT2D eigenvalue weighted by atomic mass is 79.9. The molecule has 0 atom stereocenters. The lowest BCUT2D eigenvalue weighted by atomic mass is 10.3. The summed E-state index contributed by atoms with van der Waals surface area (Å²) in [7, 11) is 0. The summed E-state index contributed by atoms with van der Waals surface area (Å²) in [6.45, 7) is 0. The number of imidazole rings is 1. The van der Waals surface area contributed by atoms with Crippen molar-refractivity contribution < 1.29 is 9.90 Å². The standard InChI is InChI=1S/C11H6BrN5O2S/c12-5-1-6(11(18)19)9(13-2-5)20-10-7-8(15-3-14-7)16-4-17-10/h1-4H,(H,18,19)(H,14,15,16,17). The number of halogens is 1. The van der Waals surface area contributed by atoms with Crippen molar-refractivity contribution in [2.24, 2.45) is 0 Å². The fraction of sp³-hybridized carbons (Fsp3) is 0. The molecule has 0 fully saturated rings. The van der Waals surface area contributed by atoms with Crippen LogP contribution >= 0.6 is 27.7 Å². The molecule has 3 aromatic rings. The summed E-state index contributed by atoms with van der Waals surface area (Å²) in [5, 5.41) is 10.1. The smallest absolute Gasteiger partial charge is 0.338 e. The van der Waals surface area contributed by atoms with Gasteiger partial charge in [-0.25, -0.2) is 24.7 Å². The lowest BCUT2D eigenvalue weighted by molar-refractivity contribution is 0.0692. The molecular formula is C11H6BrN5O2S. The molecule has 0 aliphatic rings. The average molecular weight is 352 g/mol. The SMILES string of the molecule is O=C(O)c1cc(Br)cnc1Sc1ncnc2nc[nH]c12. The molecule has 3 heterocycles. The number of rotatable bonds is 3. The lowest BCUT2D eigenvalue weighted by Gasteiger charge is -2.05. The molecule has 2 N–H and O–H groups in total. The van der Waals surface area contributed by atoms with Crippen molar-refractivity contribution in [2.75, 3.05) is 0 Å². The van der Waals surface area contributed by atoms with Gasteiger partial charge in [0.25, 0.3) is 0 Å². The Hall–Kier alpha value is -2.00. The molecule has 0 radical (unpaired) electrons. The zero-order valence-electron chi connectivity index (χ0n) is 9.74. The van der Waals surface area contributed by atoms with Crippen LogP contribution in [0.4, 0.5) is 0 Å². The number of carboxylic acids is 1. The fourth-order valence-electron chi connectivity index (χ4n) is 1.57. The monoisotopic (exact) mass is 351 g/mol. The van der Waals surface area contributed by atoms with Gasteiger partial charge in [0, 0.05) is 10.7 Å². The van der Waals surface area contributed by atoms with Crippen molar-refractivity contribution in [1.29, 1.82) is 0 Å². The van der Waals surface area contributed by atoms with E-state index >= 15 is 0 Å². The third-order valence-corrected chi connectivity index (χ3v) is 3.88. The highest BCUT2D eigenvalue weighted by molar-refractivity contribution is 9.10. The predicted molar refractivity (Wildman–Crippen MR) is 74.7 cm³/mol. The normalized spacial score (nSPS) is 10.8. The number of aromatic nitrogens is 5. The number of carbonyl (C=O) groups is 1. The number of nitrogens with zero attached hydrogens (tertiary/aromatic N) is 4. The van der Waals surface area contributed by atoms with Crippen molar-refractivity contribution in [2.45, 2.75) is 10.1 Å². The second-order valence-electron chi connectivity index (χ2n) is 3.69. The van der Waals surface area contributed by atoms with Gasteiger partial charge in [-0.15, -0.1) is 0 Å². The Balaban J connectivity index is 2.07. The molecule has 0 saturated heterocycles. The number of hydrogen-bond donors (Lipinski definition) is 2. The number of hydrogen-bond acceptors (Lipinski definition) is 6. The van der Waals surface area contributed by atoms with E-state index in [0.717, 1.165) is 11.8 Å². The molecule has 0 bridgehead atoms. The van der Waals surface area contributed by atoms with E-state index in [1.165, 1.54) is 18.7 Å². The number of pyridine rings is 1. The molecule has 7 nitrogen and oxygen atoms in total. The van der Waals surface area contributed by atoms with Crippen LogP contribution in [0.15, 0.2) is 39.4 Å². The number of H-pyrrole nitrogens is 1. The molecule has 100 valence electrons. The molecule has 0 unspecified atom stereocenters. The highest BCUT2D eigenvalue weighted by Crippen LogP contribution is 2.31. The van der Waals surface area contributed by atoms with Crippen LogP contribution in [0.2, 0.25) is 0 Å². The van der Waals surface area contributed by atoms with E-state index in [-0.39, 0.29) is 5.56 Å². The molecule has 20 heavy (non-hydrogen) atoms. The van der Waals surface area contributed by atoms with E-state index in [4.69, 9.17) is 0 Å². The molecule has 3 aromatic heterocycles. The average Bonchev–Trinajstić information content (AvgIpc) is 2.90. The van der Waals surface area contributed by atoms with E-state index in [1.807, 2.05) is 0 Å². The summed E-state index contributed by atoms with van der Waals surface area (Å²) in [5.74, 6) is -1.05. The maximum absolute atomic E-state index is 11.3. The van der Waals surface area contributed by atoms with Gasteiger partial charge in [-0.3, -0.25) is 0 Å². The van der Waals surface area contributed by atoms with Crippen molar-refractivity contribution in [3.8, 4) is 0 Å². The summed E-state index contributed by atoms with van der Waals surface area (Å²) in [5.41, 5.74) is 1.28. The second kappa shape index (κ2) is 5.17. The molecule has 9 heteroatoms. The van der Waals surface area contributed by atoms with E-state index in [0.29, 0.717) is 25.7 Å². The number of aromatic amines is 1. The summed E-state index contributed by atoms with van der Waals surface area (Å²) < 4.78 is 0.605. The zero-order valence-corrected chi connectivity index (χ0v) is 12.1. The van der Waals surface area contributed by atoms with Gasteiger partial charge < -0.3 is 10.1 Å². The van der Waals surface area contributed by atoms with Crippen LogP contribution < -0.4 is 0 Å². The first-order chi connectivity index (χ1) is 9.65. The Labute approximate surface area is 125 Å². The Morgan fingerprint density at radius 2 is 2.10 bits per heavy atom. The highest BCUT2D eigenvalue weighted by Gasteiger charge is 2.16. The zero-order chi connectivity index (χ0) is 14.1. The Morgan fingerprint density at radius 1 is 1.25 bits per heavy atom. The molecule has 0 spiro atoms. The minimum absolute atomic E-state index is 0.107. The van der Waals surface area contributed by atoms with E-state index < -0.39 is 5.97 Å². The lowest BCUT2D eigenvalue weighted by Crippen LogP contribution is -2.01. The van der Waals surface area contributed by atoms with Crippen LogP contribution in [-0.2, 0) is 0 Å². The summed E-state index contributed by atoms with van der Waals surface area (Å²) in [4.78, 5) is 30.5. The van der Waals surface area contributed by atoms with Crippen LogP contribution in [0.1, 0.15) is 10.4 Å². The third-order valence-electron chi connectivity index (χ3n) is 2.43. The number of nitrogens with one attached hydrogen (secondary N) is 1. The maximum Gasteiger partial charge on any atom is 0.338 e. The summed E-state index contributed by atoms with van der Waals surface area (Å²) in [6.07, 6.45) is 4.43. The Kier molecular flexibility index (Phi) is 3.36. The van der Waals surface area contributed by atoms with Gasteiger partial charge in [-0.1, -0.05) is 0 Å². The number of aromatic carboxylic acids is 1. The minimum atomic E-state index is -1.05. The van der Waals surface area contributed by atoms with Gasteiger partial charge in [0.05, 0.1) is 11.9 Å². The quantitative estimate of drug-likeness (QED) is 0.697. The van der Waals surface area contributed by atoms with Crippen LogP contribution in [0, 0.1) is 0 Å². The molecule has 0 aromatic carbocycles. The summed E-state index contributed by atoms with van der Waals surface area (Å²) >= 11 is 4.36. The molecule has 0 saturated carbocycles. The fourth-order valence-corrected chi connectivity index (χ4v) is 2.80. The van der Waals surface area contributed by atoms with Gasteiger partial charge in [-0.05, 0) is 33.8 Å². The molecular weight excluding hydrogens is 346 g/mol. The van der Waals surface area contributed by atoms with E-state index in [2.05, 4.69) is 40.8 Å².